The van der Waals surface area contributed by atoms with Crippen LogP contribution in [0, 0.1) is 0 Å². The third kappa shape index (κ3) is 3.80. The van der Waals surface area contributed by atoms with Gasteiger partial charge in [0.2, 0.25) is 15.8 Å². The van der Waals surface area contributed by atoms with Crippen molar-refractivity contribution < 1.29 is 17.9 Å². The molecule has 160 valence electrons. The fourth-order valence-electron chi connectivity index (χ4n) is 3.19. The van der Waals surface area contributed by atoms with Crippen molar-refractivity contribution >= 4 is 32.7 Å². The molecule has 4 aromatic rings. The van der Waals surface area contributed by atoms with E-state index in [0.717, 1.165) is 0 Å². The van der Waals surface area contributed by atoms with Gasteiger partial charge in [-0.2, -0.15) is 4.72 Å². The molecule has 4 rings (SSSR count). The minimum atomic E-state index is -3.87. The van der Waals surface area contributed by atoms with Crippen LogP contribution in [-0.4, -0.2) is 39.6 Å². The van der Waals surface area contributed by atoms with E-state index >= 15 is 0 Å². The summed E-state index contributed by atoms with van der Waals surface area (Å²) in [6.07, 6.45) is 0. The molecule has 2 aromatic heterocycles. The molecule has 31 heavy (non-hydrogen) atoms. The fraction of sp³-hybridized carbons (Fsp3) is 0.200. The second-order valence-electron chi connectivity index (χ2n) is 6.90. The molecule has 10 nitrogen and oxygen atoms in total. The predicted octanol–water partition coefficient (Wildman–Crippen LogP) is 0.991. The topological polar surface area (TPSA) is 125 Å². The number of fused-ring (bicyclic) bond motifs is 3. The third-order valence-corrected chi connectivity index (χ3v) is 6.33. The first-order valence-corrected chi connectivity index (χ1v) is 10.8. The molecule has 0 radical (unpaired) electrons. The highest BCUT2D eigenvalue weighted by molar-refractivity contribution is 7.89. The Hall–Kier alpha value is -3.57. The van der Waals surface area contributed by atoms with Crippen LogP contribution >= 0.6 is 0 Å². The second-order valence-corrected chi connectivity index (χ2v) is 8.61. The monoisotopic (exact) mass is 441 g/mol. The molecule has 0 saturated heterocycles. The number of ether oxygens (including phenoxy) is 1. The molecule has 0 unspecified atom stereocenters. The molecule has 1 atom stereocenters. The van der Waals surface area contributed by atoms with Gasteiger partial charge in [-0.25, -0.2) is 8.42 Å². The number of nitrogens with one attached hydrogen (secondary N) is 1. The summed E-state index contributed by atoms with van der Waals surface area (Å²) in [6.45, 7) is 1.14. The van der Waals surface area contributed by atoms with Crippen molar-refractivity contribution in [2.75, 3.05) is 0 Å². The van der Waals surface area contributed by atoms with E-state index in [-0.39, 0.29) is 17.1 Å². The van der Waals surface area contributed by atoms with Gasteiger partial charge in [-0.3, -0.25) is 18.6 Å². The molecule has 0 spiro atoms. The molecule has 0 amide bonds. The van der Waals surface area contributed by atoms with E-state index in [4.69, 9.17) is 4.74 Å². The number of carbonyl (C=O) groups excluding carboxylic acids is 1. The average molecular weight is 441 g/mol. The molecule has 11 heteroatoms. The van der Waals surface area contributed by atoms with Gasteiger partial charge in [0.05, 0.1) is 15.8 Å². The molecule has 0 bridgehead atoms. The molecule has 0 fully saturated rings. The number of aryl methyl sites for hydroxylation is 1. The SMILES string of the molecule is C[C@H](NS(=O)(=O)c1ccccc1)C(=O)OCc1nnc2n(C)c(=O)c3ccccc3n12. The highest BCUT2D eigenvalue weighted by atomic mass is 32.2. The summed E-state index contributed by atoms with van der Waals surface area (Å²) in [6, 6.07) is 13.6. The van der Waals surface area contributed by atoms with Crippen LogP contribution in [0.1, 0.15) is 12.7 Å². The summed E-state index contributed by atoms with van der Waals surface area (Å²) in [4.78, 5) is 24.9. The minimum absolute atomic E-state index is 0.0467. The van der Waals surface area contributed by atoms with Crippen LogP contribution in [0.4, 0.5) is 0 Å². The van der Waals surface area contributed by atoms with Crippen molar-refractivity contribution in [1.82, 2.24) is 23.9 Å². The second kappa shape index (κ2) is 7.93. The smallest absolute Gasteiger partial charge is 0.324 e. The summed E-state index contributed by atoms with van der Waals surface area (Å²) >= 11 is 0. The maximum atomic E-state index is 12.5. The van der Waals surface area contributed by atoms with Gasteiger partial charge >= 0.3 is 5.97 Å². The zero-order valence-corrected chi connectivity index (χ0v) is 17.5. The molecular weight excluding hydrogens is 422 g/mol. The zero-order valence-electron chi connectivity index (χ0n) is 16.7. The standard InChI is InChI=1S/C20H19N5O5S/c1-13(23-31(28,29)14-8-4-3-5-9-14)19(27)30-12-17-21-22-20-24(2)18(26)15-10-6-7-11-16(15)25(17)20/h3-11,13,23H,12H2,1-2H3/t13-/m0/s1. The minimum Gasteiger partial charge on any atom is -0.456 e. The Morgan fingerprint density at radius 1 is 1.10 bits per heavy atom. The zero-order chi connectivity index (χ0) is 22.2. The molecule has 2 heterocycles. The number of benzene rings is 2. The van der Waals surface area contributed by atoms with Gasteiger partial charge < -0.3 is 4.74 Å². The van der Waals surface area contributed by atoms with Gasteiger partial charge in [0, 0.05) is 7.05 Å². The Balaban J connectivity index is 1.56. The average Bonchev–Trinajstić information content (AvgIpc) is 3.20. The van der Waals surface area contributed by atoms with Crippen LogP contribution in [0.15, 0.2) is 64.3 Å². The van der Waals surface area contributed by atoms with Crippen molar-refractivity contribution in [3.63, 3.8) is 0 Å². The Bertz CT molecular complexity index is 1440. The van der Waals surface area contributed by atoms with Crippen LogP contribution in [0.25, 0.3) is 16.7 Å². The van der Waals surface area contributed by atoms with Crippen molar-refractivity contribution in [2.24, 2.45) is 7.05 Å². The number of rotatable bonds is 6. The maximum Gasteiger partial charge on any atom is 0.324 e. The number of hydrogen-bond donors (Lipinski definition) is 1. The lowest BCUT2D eigenvalue weighted by molar-refractivity contribution is -0.146. The first-order valence-electron chi connectivity index (χ1n) is 9.35. The summed E-state index contributed by atoms with van der Waals surface area (Å²) in [5, 5.41) is 8.53. The van der Waals surface area contributed by atoms with Crippen molar-refractivity contribution in [1.29, 1.82) is 0 Å². The molecule has 1 N–H and O–H groups in total. The molecular formula is C20H19N5O5S. The van der Waals surface area contributed by atoms with E-state index < -0.39 is 22.0 Å². The number of esters is 1. The summed E-state index contributed by atoms with van der Waals surface area (Å²) in [7, 11) is -2.29. The number of carbonyl (C=O) groups is 1. The van der Waals surface area contributed by atoms with Crippen LogP contribution in [0.3, 0.4) is 0 Å². The number of hydrogen-bond acceptors (Lipinski definition) is 7. The Labute approximate surface area is 177 Å². The first-order chi connectivity index (χ1) is 14.8. The highest BCUT2D eigenvalue weighted by Crippen LogP contribution is 2.15. The van der Waals surface area contributed by atoms with Crippen LogP contribution in [0.2, 0.25) is 0 Å². The number of nitrogens with zero attached hydrogens (tertiary/aromatic N) is 4. The Morgan fingerprint density at radius 3 is 2.52 bits per heavy atom. The van der Waals surface area contributed by atoms with E-state index in [1.54, 1.807) is 53.9 Å². The Kier molecular flexibility index (Phi) is 5.29. The molecule has 0 aliphatic heterocycles. The van der Waals surface area contributed by atoms with Crippen LogP contribution < -0.4 is 10.3 Å². The number of aromatic nitrogens is 4. The molecule has 2 aromatic carbocycles. The number of para-hydroxylation sites is 1. The summed E-state index contributed by atoms with van der Waals surface area (Å²) < 4.78 is 35.3. The quantitative estimate of drug-likeness (QED) is 0.443. The van der Waals surface area contributed by atoms with E-state index in [1.165, 1.54) is 23.6 Å². The largest absolute Gasteiger partial charge is 0.456 e. The highest BCUT2D eigenvalue weighted by Gasteiger charge is 2.24. The lowest BCUT2D eigenvalue weighted by atomic mass is 10.2. The van der Waals surface area contributed by atoms with E-state index in [9.17, 15) is 18.0 Å². The fourth-order valence-corrected chi connectivity index (χ4v) is 4.41. The molecule has 0 aliphatic rings. The third-order valence-electron chi connectivity index (χ3n) is 4.78. The van der Waals surface area contributed by atoms with Gasteiger partial charge in [-0.1, -0.05) is 30.3 Å². The number of sulfonamides is 1. The van der Waals surface area contributed by atoms with Crippen molar-refractivity contribution in [2.45, 2.75) is 24.5 Å². The summed E-state index contributed by atoms with van der Waals surface area (Å²) in [5.41, 5.74) is 0.359. The van der Waals surface area contributed by atoms with E-state index in [2.05, 4.69) is 14.9 Å². The summed E-state index contributed by atoms with van der Waals surface area (Å²) in [5.74, 6) is -0.175. The van der Waals surface area contributed by atoms with Gasteiger partial charge in [0.1, 0.15) is 6.04 Å². The van der Waals surface area contributed by atoms with Crippen molar-refractivity contribution in [3.05, 3.63) is 70.8 Å². The van der Waals surface area contributed by atoms with E-state index in [0.29, 0.717) is 22.5 Å². The Morgan fingerprint density at radius 2 is 1.77 bits per heavy atom. The maximum absolute atomic E-state index is 12.5. The lowest BCUT2D eigenvalue weighted by Crippen LogP contribution is -2.39. The van der Waals surface area contributed by atoms with Gasteiger partial charge in [0.25, 0.3) is 5.56 Å². The van der Waals surface area contributed by atoms with Crippen molar-refractivity contribution in [3.8, 4) is 0 Å². The van der Waals surface area contributed by atoms with Gasteiger partial charge in [0.15, 0.2) is 12.4 Å². The van der Waals surface area contributed by atoms with Crippen LogP contribution in [-0.2, 0) is 33.2 Å². The predicted molar refractivity (Wildman–Crippen MR) is 112 cm³/mol. The van der Waals surface area contributed by atoms with Gasteiger partial charge in [-0.05, 0) is 31.2 Å². The molecule has 0 saturated carbocycles. The lowest BCUT2D eigenvalue weighted by Gasteiger charge is -2.14. The molecule has 0 aliphatic carbocycles. The van der Waals surface area contributed by atoms with E-state index in [1.807, 2.05) is 0 Å². The van der Waals surface area contributed by atoms with Gasteiger partial charge in [-0.15, -0.1) is 10.2 Å². The van der Waals surface area contributed by atoms with Crippen LogP contribution in [0.5, 0.6) is 0 Å². The normalized spacial score (nSPS) is 12.8. The first kappa shape index (κ1) is 20.7.